The quantitative estimate of drug-likeness (QED) is 0.800. The minimum Gasteiger partial charge on any atom is -0.383 e. The molecule has 1 saturated heterocycles. The number of aromatic nitrogens is 2. The second kappa shape index (κ2) is 6.98. The molecule has 1 fully saturated rings. The topological polar surface area (TPSA) is 55.3 Å². The summed E-state index contributed by atoms with van der Waals surface area (Å²) in [5, 5.41) is 0. The van der Waals surface area contributed by atoms with Gasteiger partial charge in [0.25, 0.3) is 0 Å². The minimum absolute atomic E-state index is 0.234. The monoisotopic (exact) mass is 291 g/mol. The smallest absolute Gasteiger partial charge is 0.223 e. The third kappa shape index (κ3) is 3.79. The predicted molar refractivity (Wildman–Crippen MR) is 81.2 cm³/mol. The summed E-state index contributed by atoms with van der Waals surface area (Å²) in [4.78, 5) is 23.0. The maximum absolute atomic E-state index is 12.0. The van der Waals surface area contributed by atoms with Crippen LogP contribution in [0.5, 0.6) is 0 Å². The Morgan fingerprint density at radius 1 is 1.33 bits per heavy atom. The number of amides is 1. The summed E-state index contributed by atoms with van der Waals surface area (Å²) in [6.45, 7) is 8.21. The Bertz CT molecular complexity index is 516. The van der Waals surface area contributed by atoms with Gasteiger partial charge in [-0.25, -0.2) is 9.97 Å². The van der Waals surface area contributed by atoms with Crippen molar-refractivity contribution in [2.75, 3.05) is 26.8 Å². The Morgan fingerprint density at radius 2 is 2.10 bits per heavy atom. The number of methoxy groups -OCH3 is 1. The van der Waals surface area contributed by atoms with E-state index in [4.69, 9.17) is 4.74 Å². The Balaban J connectivity index is 2.07. The predicted octanol–water partition coefficient (Wildman–Crippen LogP) is 1.69. The van der Waals surface area contributed by atoms with E-state index in [-0.39, 0.29) is 5.91 Å². The van der Waals surface area contributed by atoms with Crippen molar-refractivity contribution >= 4 is 5.91 Å². The van der Waals surface area contributed by atoms with E-state index in [9.17, 15) is 4.79 Å². The molecule has 21 heavy (non-hydrogen) atoms. The number of aryl methyl sites for hydroxylation is 2. The average molecular weight is 291 g/mol. The third-order valence-electron chi connectivity index (χ3n) is 4.11. The van der Waals surface area contributed by atoms with Gasteiger partial charge in [-0.15, -0.1) is 0 Å². The number of likely N-dealkylation sites (tertiary alicyclic amines) is 1. The molecule has 0 spiro atoms. The van der Waals surface area contributed by atoms with Gasteiger partial charge >= 0.3 is 0 Å². The summed E-state index contributed by atoms with van der Waals surface area (Å²) in [7, 11) is 1.66. The van der Waals surface area contributed by atoms with Crippen LogP contribution in [0.15, 0.2) is 0 Å². The first-order chi connectivity index (χ1) is 10.0. The molecule has 116 valence electrons. The fraction of sp³-hybridized carbons (Fsp3) is 0.688. The van der Waals surface area contributed by atoms with Gasteiger partial charge in [-0.2, -0.15) is 0 Å². The van der Waals surface area contributed by atoms with Crippen LogP contribution < -0.4 is 0 Å². The van der Waals surface area contributed by atoms with Gasteiger partial charge in [-0.1, -0.05) is 6.92 Å². The van der Waals surface area contributed by atoms with Crippen LogP contribution in [-0.2, 0) is 22.4 Å². The summed E-state index contributed by atoms with van der Waals surface area (Å²) in [5.74, 6) is 1.41. The Hall–Kier alpha value is -1.49. The fourth-order valence-corrected chi connectivity index (χ4v) is 3.12. The molecule has 0 bridgehead atoms. The zero-order valence-electron chi connectivity index (χ0n) is 13.5. The van der Waals surface area contributed by atoms with E-state index in [1.54, 1.807) is 7.11 Å². The van der Waals surface area contributed by atoms with Gasteiger partial charge in [0.05, 0.1) is 6.61 Å². The number of hydrogen-bond acceptors (Lipinski definition) is 4. The highest BCUT2D eigenvalue weighted by molar-refractivity contribution is 5.78. The number of hydrogen-bond donors (Lipinski definition) is 0. The summed E-state index contributed by atoms with van der Waals surface area (Å²) in [6.07, 6.45) is 2.42. The lowest BCUT2D eigenvalue weighted by atomic mass is 9.97. The van der Waals surface area contributed by atoms with Crippen LogP contribution in [0.4, 0.5) is 0 Å². The van der Waals surface area contributed by atoms with Gasteiger partial charge in [0.1, 0.15) is 5.82 Å². The van der Waals surface area contributed by atoms with Gasteiger partial charge in [0.2, 0.25) is 5.91 Å². The van der Waals surface area contributed by atoms with Gasteiger partial charge in [-0.05, 0) is 38.2 Å². The molecule has 1 atom stereocenters. The first-order valence-corrected chi connectivity index (χ1v) is 7.64. The number of nitrogens with zero attached hydrogens (tertiary/aromatic N) is 3. The van der Waals surface area contributed by atoms with Crippen LogP contribution in [0, 0.1) is 19.8 Å². The van der Waals surface area contributed by atoms with Gasteiger partial charge in [-0.3, -0.25) is 4.79 Å². The molecule has 5 heteroatoms. The van der Waals surface area contributed by atoms with Crippen molar-refractivity contribution in [3.05, 3.63) is 22.8 Å². The molecule has 0 aromatic carbocycles. The van der Waals surface area contributed by atoms with Crippen LogP contribution in [0.2, 0.25) is 0 Å². The van der Waals surface area contributed by atoms with Crippen molar-refractivity contribution in [3.8, 4) is 0 Å². The molecular weight excluding hydrogens is 266 g/mol. The van der Waals surface area contributed by atoms with Crippen molar-refractivity contribution in [2.45, 2.75) is 40.0 Å². The molecule has 0 N–H and O–H groups in total. The van der Waals surface area contributed by atoms with E-state index in [1.807, 2.05) is 18.7 Å². The number of carbonyl (C=O) groups excluding carboxylic acids is 1. The van der Waals surface area contributed by atoms with Crippen molar-refractivity contribution in [1.29, 1.82) is 0 Å². The lowest BCUT2D eigenvalue weighted by Gasteiger charge is -2.17. The molecule has 2 heterocycles. The van der Waals surface area contributed by atoms with E-state index in [2.05, 4.69) is 16.9 Å². The van der Waals surface area contributed by atoms with Crippen LogP contribution >= 0.6 is 0 Å². The molecule has 2 rings (SSSR count). The van der Waals surface area contributed by atoms with Crippen molar-refractivity contribution < 1.29 is 9.53 Å². The highest BCUT2D eigenvalue weighted by atomic mass is 16.5. The maximum Gasteiger partial charge on any atom is 0.223 e. The lowest BCUT2D eigenvalue weighted by molar-refractivity contribution is -0.128. The first kappa shape index (κ1) is 15.9. The second-order valence-electron chi connectivity index (χ2n) is 5.74. The number of ether oxygens (including phenoxy) is 1. The van der Waals surface area contributed by atoms with Crippen molar-refractivity contribution in [2.24, 2.45) is 5.92 Å². The molecular formula is C16H25N3O2. The SMILES string of the molecule is CCc1c(C)nc(C)nc1CC1CC(=O)N(CCOC)C1. The standard InChI is InChI=1S/C16H25N3O2/c1-5-14-11(2)17-12(3)18-15(14)8-13-9-16(20)19(10-13)6-7-21-4/h13H,5-10H2,1-4H3. The van der Waals surface area contributed by atoms with Crippen LogP contribution in [-0.4, -0.2) is 47.6 Å². The molecule has 1 unspecified atom stereocenters. The molecule has 1 amide bonds. The van der Waals surface area contributed by atoms with E-state index in [1.165, 1.54) is 5.56 Å². The zero-order chi connectivity index (χ0) is 15.4. The van der Waals surface area contributed by atoms with Crippen molar-refractivity contribution in [3.63, 3.8) is 0 Å². The summed E-state index contributed by atoms with van der Waals surface area (Å²) >= 11 is 0. The molecule has 0 saturated carbocycles. The molecule has 1 aromatic heterocycles. The summed E-state index contributed by atoms with van der Waals surface area (Å²) in [6, 6.07) is 0. The molecule has 5 nitrogen and oxygen atoms in total. The van der Waals surface area contributed by atoms with Crippen molar-refractivity contribution in [1.82, 2.24) is 14.9 Å². The van der Waals surface area contributed by atoms with Gasteiger partial charge < -0.3 is 9.64 Å². The Morgan fingerprint density at radius 3 is 2.76 bits per heavy atom. The van der Waals surface area contributed by atoms with E-state index >= 15 is 0 Å². The molecule has 1 aliphatic rings. The van der Waals surface area contributed by atoms with Crippen LogP contribution in [0.25, 0.3) is 0 Å². The van der Waals surface area contributed by atoms with E-state index < -0.39 is 0 Å². The zero-order valence-corrected chi connectivity index (χ0v) is 13.5. The van der Waals surface area contributed by atoms with Gasteiger partial charge in [0, 0.05) is 38.0 Å². The molecule has 1 aliphatic heterocycles. The maximum atomic E-state index is 12.0. The van der Waals surface area contributed by atoms with Crippen LogP contribution in [0.3, 0.4) is 0 Å². The minimum atomic E-state index is 0.234. The fourth-order valence-electron chi connectivity index (χ4n) is 3.12. The second-order valence-corrected chi connectivity index (χ2v) is 5.74. The summed E-state index contributed by atoms with van der Waals surface area (Å²) < 4.78 is 5.06. The van der Waals surface area contributed by atoms with Crippen LogP contribution in [0.1, 0.15) is 36.1 Å². The average Bonchev–Trinajstić information content (AvgIpc) is 2.76. The Labute approximate surface area is 126 Å². The number of rotatable bonds is 6. The molecule has 1 aromatic rings. The summed E-state index contributed by atoms with van der Waals surface area (Å²) in [5.41, 5.74) is 3.43. The van der Waals surface area contributed by atoms with Gasteiger partial charge in [0.15, 0.2) is 0 Å². The highest BCUT2D eigenvalue weighted by Gasteiger charge is 2.30. The van der Waals surface area contributed by atoms with E-state index in [0.717, 1.165) is 36.6 Å². The van der Waals surface area contributed by atoms with E-state index in [0.29, 0.717) is 25.5 Å². The largest absolute Gasteiger partial charge is 0.383 e. The number of carbonyl (C=O) groups is 1. The lowest BCUT2D eigenvalue weighted by Crippen LogP contribution is -2.29. The highest BCUT2D eigenvalue weighted by Crippen LogP contribution is 2.23. The first-order valence-electron chi connectivity index (χ1n) is 7.64. The Kier molecular flexibility index (Phi) is 5.28. The third-order valence-corrected chi connectivity index (χ3v) is 4.11. The molecule has 0 aliphatic carbocycles. The normalized spacial score (nSPS) is 18.6. The molecule has 0 radical (unpaired) electrons.